The van der Waals surface area contributed by atoms with Crippen molar-refractivity contribution in [3.8, 4) is 0 Å². The van der Waals surface area contributed by atoms with Crippen molar-refractivity contribution in [2.24, 2.45) is 46.3 Å². The zero-order valence-corrected chi connectivity index (χ0v) is 20.4. The van der Waals surface area contributed by atoms with Gasteiger partial charge in [-0.25, -0.2) is 0 Å². The molecule has 4 aliphatic carbocycles. The zero-order chi connectivity index (χ0) is 21.9. The molecule has 0 bridgehead atoms. The van der Waals surface area contributed by atoms with E-state index < -0.39 is 5.79 Å². The van der Waals surface area contributed by atoms with E-state index in [1.54, 1.807) is 5.57 Å². The topological polar surface area (TPSA) is 40.5 Å². The first-order chi connectivity index (χ1) is 14.0. The van der Waals surface area contributed by atoms with Crippen molar-refractivity contribution in [3.05, 3.63) is 23.3 Å². The van der Waals surface area contributed by atoms with Gasteiger partial charge in [0.2, 0.25) is 0 Å². The second-order valence-electron chi connectivity index (χ2n) is 12.6. The Bertz CT molecular complexity index is 716. The summed E-state index contributed by atoms with van der Waals surface area (Å²) in [6, 6.07) is 0. The Morgan fingerprint density at radius 1 is 1.00 bits per heavy atom. The number of allylic oxidation sites excluding steroid dienone is 3. The van der Waals surface area contributed by atoms with Crippen LogP contribution >= 0.6 is 0 Å². The monoisotopic (exact) mass is 414 g/mol. The van der Waals surface area contributed by atoms with E-state index >= 15 is 0 Å². The molecule has 1 unspecified atom stereocenters. The number of rotatable bonds is 5. The van der Waals surface area contributed by atoms with E-state index in [1.807, 2.05) is 6.92 Å². The first kappa shape index (κ1) is 22.6. The molecular weight excluding hydrogens is 368 g/mol. The first-order valence-corrected chi connectivity index (χ1v) is 12.8. The maximum Gasteiger partial charge on any atom is 0.168 e. The predicted molar refractivity (Wildman–Crippen MR) is 125 cm³/mol. The molecule has 170 valence electrons. The molecule has 4 rings (SSSR count). The van der Waals surface area contributed by atoms with Crippen molar-refractivity contribution in [1.29, 1.82) is 0 Å². The smallest absolute Gasteiger partial charge is 0.168 e. The molecule has 0 aromatic carbocycles. The molecule has 0 aromatic heterocycles. The molecule has 0 spiro atoms. The second-order valence-corrected chi connectivity index (χ2v) is 12.6. The average Bonchev–Trinajstić information content (AvgIpc) is 3.00. The van der Waals surface area contributed by atoms with Crippen molar-refractivity contribution in [3.63, 3.8) is 0 Å². The lowest BCUT2D eigenvalue weighted by molar-refractivity contribution is -0.216. The fraction of sp³-hybridized carbons (Fsp3) is 0.857. The summed E-state index contributed by atoms with van der Waals surface area (Å²) in [5.41, 5.74) is 3.56. The average molecular weight is 415 g/mol. The van der Waals surface area contributed by atoms with E-state index in [2.05, 4.69) is 46.8 Å². The van der Waals surface area contributed by atoms with Crippen molar-refractivity contribution in [1.82, 2.24) is 0 Å². The van der Waals surface area contributed by atoms with Gasteiger partial charge in [0.1, 0.15) is 0 Å². The summed E-state index contributed by atoms with van der Waals surface area (Å²) in [5, 5.41) is 21.0. The minimum absolute atomic E-state index is 0.0652. The highest BCUT2D eigenvalue weighted by atomic mass is 16.5. The molecule has 4 aliphatic rings. The van der Waals surface area contributed by atoms with E-state index in [1.165, 1.54) is 50.5 Å². The molecule has 7 atom stereocenters. The molecule has 3 fully saturated rings. The van der Waals surface area contributed by atoms with E-state index in [0.717, 1.165) is 30.1 Å². The number of hydrogen-bond acceptors (Lipinski definition) is 2. The normalized spacial score (nSPS) is 43.4. The van der Waals surface area contributed by atoms with Gasteiger partial charge < -0.3 is 10.2 Å². The third-order valence-electron chi connectivity index (χ3n) is 10.3. The second kappa shape index (κ2) is 7.77. The van der Waals surface area contributed by atoms with Crippen LogP contribution in [0.2, 0.25) is 0 Å². The third-order valence-corrected chi connectivity index (χ3v) is 10.3. The molecule has 0 heterocycles. The highest BCUT2D eigenvalue weighted by Gasteiger charge is 2.58. The molecule has 30 heavy (non-hydrogen) atoms. The molecule has 2 N–H and O–H groups in total. The van der Waals surface area contributed by atoms with E-state index in [9.17, 15) is 10.2 Å². The number of aliphatic hydroxyl groups is 2. The van der Waals surface area contributed by atoms with Gasteiger partial charge in [0.15, 0.2) is 5.79 Å². The number of hydrogen-bond donors (Lipinski definition) is 2. The summed E-state index contributed by atoms with van der Waals surface area (Å²) < 4.78 is 0. The van der Waals surface area contributed by atoms with Crippen molar-refractivity contribution < 1.29 is 10.2 Å². The minimum Gasteiger partial charge on any atom is -0.365 e. The Labute approximate surface area is 185 Å². The van der Waals surface area contributed by atoms with E-state index in [-0.39, 0.29) is 11.3 Å². The van der Waals surface area contributed by atoms with Crippen LogP contribution in [0.15, 0.2) is 23.3 Å². The van der Waals surface area contributed by atoms with Crippen LogP contribution in [0.1, 0.15) is 99.3 Å². The maximum atomic E-state index is 10.5. The van der Waals surface area contributed by atoms with Gasteiger partial charge >= 0.3 is 0 Å². The summed E-state index contributed by atoms with van der Waals surface area (Å²) >= 11 is 0. The molecule has 0 radical (unpaired) electrons. The lowest BCUT2D eigenvalue weighted by Gasteiger charge is -2.57. The minimum atomic E-state index is -1.54. The van der Waals surface area contributed by atoms with Crippen LogP contribution in [-0.4, -0.2) is 16.0 Å². The van der Waals surface area contributed by atoms with Crippen LogP contribution < -0.4 is 0 Å². The fourth-order valence-electron chi connectivity index (χ4n) is 8.34. The van der Waals surface area contributed by atoms with Gasteiger partial charge in [-0.2, -0.15) is 0 Å². The van der Waals surface area contributed by atoms with Crippen LogP contribution in [0, 0.1) is 46.3 Å². The van der Waals surface area contributed by atoms with Gasteiger partial charge in [0.05, 0.1) is 0 Å². The van der Waals surface area contributed by atoms with Gasteiger partial charge in [-0.05, 0) is 72.5 Å². The third kappa shape index (κ3) is 3.54. The Kier molecular flexibility index (Phi) is 5.85. The van der Waals surface area contributed by atoms with Crippen LogP contribution in [0.4, 0.5) is 0 Å². The standard InChI is InChI=1S/C28H46O2/c1-18(2)8-7-9-19(3)23-12-13-24-22-11-10-21-17-28(29,30)20(4)16-27(21,6)25(22)14-15-26(23,24)5/h10-11,18-20,23-25,29-30H,7-9,12-17H2,1-6H3/t19-,20?,23-,24+,25+,26-,27+/m1/s1. The number of fused-ring (bicyclic) bond motifs is 5. The van der Waals surface area contributed by atoms with Gasteiger partial charge in [-0.15, -0.1) is 0 Å². The van der Waals surface area contributed by atoms with Gasteiger partial charge in [0, 0.05) is 12.3 Å². The Morgan fingerprint density at radius 2 is 1.73 bits per heavy atom. The molecular formula is C28H46O2. The van der Waals surface area contributed by atoms with E-state index in [4.69, 9.17) is 0 Å². The molecule has 0 amide bonds. The van der Waals surface area contributed by atoms with Crippen molar-refractivity contribution in [2.75, 3.05) is 0 Å². The largest absolute Gasteiger partial charge is 0.365 e. The van der Waals surface area contributed by atoms with Gasteiger partial charge in [0.25, 0.3) is 0 Å². The van der Waals surface area contributed by atoms with Crippen LogP contribution in [0.25, 0.3) is 0 Å². The van der Waals surface area contributed by atoms with Gasteiger partial charge in [-0.3, -0.25) is 0 Å². The van der Waals surface area contributed by atoms with Crippen LogP contribution in [0.3, 0.4) is 0 Å². The highest BCUT2D eigenvalue weighted by molar-refractivity contribution is 5.39. The summed E-state index contributed by atoms with van der Waals surface area (Å²) in [7, 11) is 0. The Morgan fingerprint density at radius 3 is 2.43 bits per heavy atom. The summed E-state index contributed by atoms with van der Waals surface area (Å²) in [6.07, 6.45) is 15.5. The zero-order valence-electron chi connectivity index (χ0n) is 20.4. The summed E-state index contributed by atoms with van der Waals surface area (Å²) in [4.78, 5) is 0. The highest BCUT2D eigenvalue weighted by Crippen LogP contribution is 2.66. The fourth-order valence-corrected chi connectivity index (χ4v) is 8.34. The maximum absolute atomic E-state index is 10.5. The van der Waals surface area contributed by atoms with E-state index in [0.29, 0.717) is 17.8 Å². The van der Waals surface area contributed by atoms with Crippen LogP contribution in [0.5, 0.6) is 0 Å². The molecule has 2 nitrogen and oxygen atoms in total. The first-order valence-electron chi connectivity index (χ1n) is 12.8. The van der Waals surface area contributed by atoms with Crippen LogP contribution in [-0.2, 0) is 0 Å². The quantitative estimate of drug-likeness (QED) is 0.482. The molecule has 3 saturated carbocycles. The summed E-state index contributed by atoms with van der Waals surface area (Å²) in [5.74, 6) is 2.25. The molecule has 0 aliphatic heterocycles. The summed E-state index contributed by atoms with van der Waals surface area (Å²) in [6.45, 7) is 14.3. The predicted octanol–water partition coefficient (Wildman–Crippen LogP) is 6.87. The van der Waals surface area contributed by atoms with Crippen molar-refractivity contribution in [2.45, 2.75) is 105 Å². The molecule has 0 aromatic rings. The molecule has 2 heteroatoms. The SMILES string of the molecule is CC(C)CCC[C@@H](C)[C@H]1CC[C@H]2C3=CC=C4CC(O)(O)C(C)C[C@]4(C)[C@H]3CC[C@]12C. The Balaban J connectivity index is 1.55. The lowest BCUT2D eigenvalue weighted by Crippen LogP contribution is -2.52. The van der Waals surface area contributed by atoms with Crippen molar-refractivity contribution >= 4 is 0 Å². The Hall–Kier alpha value is -0.600. The molecule has 0 saturated heterocycles. The van der Waals surface area contributed by atoms with Gasteiger partial charge in [-0.1, -0.05) is 84.1 Å². The lowest BCUT2D eigenvalue weighted by atomic mass is 9.49.